The fourth-order valence-corrected chi connectivity index (χ4v) is 7.21. The smallest absolute Gasteiger partial charge is 0.275 e. The summed E-state index contributed by atoms with van der Waals surface area (Å²) in [5.74, 6) is 0.706. The first kappa shape index (κ1) is 24.0. The summed E-state index contributed by atoms with van der Waals surface area (Å²) >= 11 is 1.42. The highest BCUT2D eigenvalue weighted by atomic mass is 32.1. The Balaban J connectivity index is 1.38. The Labute approximate surface area is 223 Å². The third kappa shape index (κ3) is 4.25. The van der Waals surface area contributed by atoms with Gasteiger partial charge in [-0.05, 0) is 49.6 Å². The van der Waals surface area contributed by atoms with Crippen molar-refractivity contribution in [2.24, 2.45) is 0 Å². The van der Waals surface area contributed by atoms with Gasteiger partial charge in [-0.25, -0.2) is 4.98 Å². The molecule has 2 saturated heterocycles. The van der Waals surface area contributed by atoms with Gasteiger partial charge in [-0.3, -0.25) is 23.3 Å². The molecule has 0 radical (unpaired) electrons. The molecule has 3 aliphatic heterocycles. The number of aromatic nitrogens is 3. The molecule has 9 nitrogen and oxygen atoms in total. The second-order valence-corrected chi connectivity index (χ2v) is 11.7. The van der Waals surface area contributed by atoms with E-state index in [-0.39, 0.29) is 23.3 Å². The van der Waals surface area contributed by atoms with E-state index in [4.69, 9.17) is 14.5 Å². The van der Waals surface area contributed by atoms with Crippen LogP contribution < -0.4 is 15.9 Å². The van der Waals surface area contributed by atoms with Gasteiger partial charge in [-0.2, -0.15) is 0 Å². The highest BCUT2D eigenvalue weighted by Crippen LogP contribution is 2.33. The lowest BCUT2D eigenvalue weighted by Crippen LogP contribution is -2.38. The Hall–Kier alpha value is -3.05. The molecule has 0 spiro atoms. The third-order valence-corrected chi connectivity index (χ3v) is 9.29. The van der Waals surface area contributed by atoms with Crippen LogP contribution in [0, 0.1) is 0 Å². The van der Waals surface area contributed by atoms with Gasteiger partial charge < -0.3 is 14.5 Å². The first-order valence-corrected chi connectivity index (χ1v) is 14.2. The van der Waals surface area contributed by atoms with Crippen LogP contribution in [0.1, 0.15) is 24.8 Å². The summed E-state index contributed by atoms with van der Waals surface area (Å²) in [5, 5.41) is 0.630. The summed E-state index contributed by atoms with van der Waals surface area (Å²) in [6, 6.07) is 9.66. The number of methoxy groups -OCH3 is 1. The number of fused-ring (bicyclic) bond motifs is 5. The van der Waals surface area contributed by atoms with Crippen LogP contribution in [0.4, 0.5) is 0 Å². The molecule has 3 aliphatic rings. The predicted molar refractivity (Wildman–Crippen MR) is 148 cm³/mol. The Bertz CT molecular complexity index is 1640. The molecule has 2 aromatic heterocycles. The van der Waals surface area contributed by atoms with Crippen LogP contribution in [0.25, 0.3) is 32.4 Å². The molecule has 3 atom stereocenters. The van der Waals surface area contributed by atoms with Crippen molar-refractivity contribution >= 4 is 32.7 Å². The third-order valence-electron chi connectivity index (χ3n) is 8.09. The summed E-state index contributed by atoms with van der Waals surface area (Å²) in [7, 11) is 1.78. The largest absolute Gasteiger partial charge is 0.487 e. The molecule has 0 saturated carbocycles. The van der Waals surface area contributed by atoms with Gasteiger partial charge in [0.25, 0.3) is 11.1 Å². The number of ether oxygens (including phenoxy) is 2. The first-order chi connectivity index (χ1) is 18.6. The molecule has 2 aromatic carbocycles. The van der Waals surface area contributed by atoms with Crippen LogP contribution >= 0.6 is 11.5 Å². The van der Waals surface area contributed by atoms with E-state index in [0.717, 1.165) is 68.8 Å². The molecule has 1 unspecified atom stereocenters. The van der Waals surface area contributed by atoms with Crippen molar-refractivity contribution in [2.45, 2.75) is 44.6 Å². The number of rotatable bonds is 3. The zero-order valence-corrected chi connectivity index (χ0v) is 22.3. The van der Waals surface area contributed by atoms with E-state index < -0.39 is 0 Å². The van der Waals surface area contributed by atoms with Crippen molar-refractivity contribution in [3.8, 4) is 17.0 Å². The van der Waals surface area contributed by atoms with Crippen molar-refractivity contribution in [1.82, 2.24) is 23.7 Å². The summed E-state index contributed by atoms with van der Waals surface area (Å²) in [6.45, 7) is 5.80. The monoisotopic (exact) mass is 533 g/mol. The standard InChI is InChI=1S/C28H31N5O4S/c1-36-18-4-3-8-32(15-18)14-17-12-22-25-23(13-17)37-19-7-9-31(16-19)10-11-33-28(35)21-6-2-5-20(26(21)38-33)24(30-25)27(34)29-22/h2,5-6,12-13,18-19H,3-4,7-11,14-16H2,1H3,(H,29,34)/t18-,19+/m1/s1. The average Bonchev–Trinajstić information content (AvgIpc) is 3.50. The van der Waals surface area contributed by atoms with Crippen molar-refractivity contribution < 1.29 is 9.47 Å². The molecule has 4 aromatic rings. The quantitative estimate of drug-likeness (QED) is 0.433. The van der Waals surface area contributed by atoms with Crippen LogP contribution in [0.15, 0.2) is 39.9 Å². The normalized spacial score (nSPS) is 23.8. The minimum absolute atomic E-state index is 0.00954. The average molecular weight is 534 g/mol. The summed E-state index contributed by atoms with van der Waals surface area (Å²) in [4.78, 5) is 39.3. The molecule has 2 fully saturated rings. The highest BCUT2D eigenvalue weighted by Gasteiger charge is 2.27. The van der Waals surface area contributed by atoms with E-state index >= 15 is 0 Å². The molecule has 38 heavy (non-hydrogen) atoms. The molecule has 198 valence electrons. The van der Waals surface area contributed by atoms with Gasteiger partial charge in [0.1, 0.15) is 23.1 Å². The van der Waals surface area contributed by atoms with E-state index in [9.17, 15) is 9.59 Å². The number of nitrogens with zero attached hydrogens (tertiary/aromatic N) is 4. The Morgan fingerprint density at radius 1 is 1.13 bits per heavy atom. The molecule has 0 amide bonds. The molecular formula is C28H31N5O4S. The number of piperidine rings is 1. The molecule has 6 bridgehead atoms. The van der Waals surface area contributed by atoms with Crippen molar-refractivity contribution in [2.75, 3.05) is 39.8 Å². The lowest BCUT2D eigenvalue weighted by Gasteiger charge is -2.32. The molecule has 7 rings (SSSR count). The maximum atomic E-state index is 13.4. The van der Waals surface area contributed by atoms with E-state index in [1.165, 1.54) is 11.5 Å². The van der Waals surface area contributed by atoms with E-state index in [1.807, 2.05) is 24.3 Å². The van der Waals surface area contributed by atoms with Crippen molar-refractivity contribution in [1.29, 1.82) is 0 Å². The Morgan fingerprint density at radius 2 is 2.05 bits per heavy atom. The van der Waals surface area contributed by atoms with Crippen LogP contribution in [-0.4, -0.2) is 75.8 Å². The first-order valence-electron chi connectivity index (χ1n) is 13.4. The Morgan fingerprint density at radius 3 is 2.95 bits per heavy atom. The second kappa shape index (κ2) is 9.60. The Kier molecular flexibility index (Phi) is 6.07. The minimum atomic E-state index is -0.267. The van der Waals surface area contributed by atoms with Gasteiger partial charge in [0.15, 0.2) is 0 Å². The van der Waals surface area contributed by atoms with Crippen LogP contribution in [-0.2, 0) is 17.8 Å². The number of benzene rings is 2. The fraction of sp³-hybridized carbons (Fsp3) is 0.464. The number of likely N-dealkylation sites (tertiary alicyclic amines) is 1. The van der Waals surface area contributed by atoms with E-state index in [0.29, 0.717) is 40.0 Å². The zero-order valence-electron chi connectivity index (χ0n) is 21.4. The summed E-state index contributed by atoms with van der Waals surface area (Å²) < 4.78 is 14.8. The topological polar surface area (TPSA) is 92.7 Å². The number of hydrogen-bond acceptors (Lipinski definition) is 8. The summed E-state index contributed by atoms with van der Waals surface area (Å²) in [6.07, 6.45) is 3.38. The van der Waals surface area contributed by atoms with Crippen LogP contribution in [0.3, 0.4) is 0 Å². The van der Waals surface area contributed by atoms with Gasteiger partial charge in [0.2, 0.25) is 0 Å². The second-order valence-electron chi connectivity index (χ2n) is 10.6. The molecule has 1 N–H and O–H groups in total. The van der Waals surface area contributed by atoms with Crippen molar-refractivity contribution in [3.63, 3.8) is 0 Å². The van der Waals surface area contributed by atoms with Gasteiger partial charge in [-0.15, -0.1) is 0 Å². The molecule has 10 heteroatoms. The predicted octanol–water partition coefficient (Wildman–Crippen LogP) is 3.04. The van der Waals surface area contributed by atoms with E-state index in [2.05, 4.69) is 20.9 Å². The number of nitrogens with one attached hydrogen (secondary N) is 1. The van der Waals surface area contributed by atoms with Gasteiger partial charge in [0, 0.05) is 51.9 Å². The van der Waals surface area contributed by atoms with Crippen molar-refractivity contribution in [3.05, 3.63) is 56.6 Å². The van der Waals surface area contributed by atoms with E-state index in [1.54, 1.807) is 11.1 Å². The number of hydrogen-bond donors (Lipinski definition) is 1. The number of aromatic amines is 1. The van der Waals surface area contributed by atoms with Crippen LogP contribution in [0.5, 0.6) is 5.75 Å². The highest BCUT2D eigenvalue weighted by molar-refractivity contribution is 7.14. The SMILES string of the molecule is CO[C@@H]1CCCN(Cc2cc3c4nc(c(=O)[nH]c4c2)-c2cccc4c(=O)n(sc24)CCN2CC[C@@H](C2)O3)C1. The fourth-order valence-electron chi connectivity index (χ4n) is 6.12. The summed E-state index contributed by atoms with van der Waals surface area (Å²) in [5.41, 5.74) is 3.13. The minimum Gasteiger partial charge on any atom is -0.487 e. The lowest BCUT2D eigenvalue weighted by atomic mass is 10.1. The molecular weight excluding hydrogens is 502 g/mol. The zero-order chi connectivity index (χ0) is 25.8. The maximum Gasteiger partial charge on any atom is 0.275 e. The molecule has 5 heterocycles. The maximum absolute atomic E-state index is 13.4. The van der Waals surface area contributed by atoms with Crippen LogP contribution in [0.2, 0.25) is 0 Å². The van der Waals surface area contributed by atoms with Gasteiger partial charge >= 0.3 is 0 Å². The van der Waals surface area contributed by atoms with Gasteiger partial charge in [-0.1, -0.05) is 23.7 Å². The van der Waals surface area contributed by atoms with Gasteiger partial charge in [0.05, 0.1) is 21.7 Å². The molecule has 0 aliphatic carbocycles. The lowest BCUT2D eigenvalue weighted by molar-refractivity contribution is 0.0285. The number of H-pyrrole nitrogens is 1.